The molecule has 1 aliphatic heterocycles. The van der Waals surface area contributed by atoms with E-state index in [-0.39, 0.29) is 11.5 Å². The standard InChI is InChI=1S/C21H24N2O6S2/c1-2-29-21(25)18-17(14-3-4-14)13-30-20(18)22-19(24)15-5-7-16(8-6-15)31(26,27)23-9-11-28-12-10-23/h5-8,13-14H,2-4,9-12H2,1H3,(H,22,24). The second-order valence-corrected chi connectivity index (χ2v) is 10.2. The van der Waals surface area contributed by atoms with E-state index in [9.17, 15) is 18.0 Å². The summed E-state index contributed by atoms with van der Waals surface area (Å²) < 4.78 is 37.2. The van der Waals surface area contributed by atoms with Gasteiger partial charge in [-0.2, -0.15) is 4.31 Å². The fourth-order valence-electron chi connectivity index (χ4n) is 3.46. The lowest BCUT2D eigenvalue weighted by molar-refractivity contribution is 0.0527. The van der Waals surface area contributed by atoms with Crippen molar-refractivity contribution in [1.82, 2.24) is 4.31 Å². The molecule has 1 saturated heterocycles. The highest BCUT2D eigenvalue weighted by molar-refractivity contribution is 7.89. The van der Waals surface area contributed by atoms with Crippen LogP contribution in [0.3, 0.4) is 0 Å². The summed E-state index contributed by atoms with van der Waals surface area (Å²) in [4.78, 5) is 25.4. The molecule has 0 radical (unpaired) electrons. The summed E-state index contributed by atoms with van der Waals surface area (Å²) in [6, 6.07) is 5.80. The SMILES string of the molecule is CCOC(=O)c1c(C2CC2)csc1NC(=O)c1ccc(S(=O)(=O)N2CCOCC2)cc1. The van der Waals surface area contributed by atoms with Gasteiger partial charge in [0.1, 0.15) is 5.00 Å². The average molecular weight is 465 g/mol. The molecule has 4 rings (SSSR count). The van der Waals surface area contributed by atoms with E-state index < -0.39 is 21.9 Å². The molecule has 2 aromatic rings. The molecule has 1 aromatic heterocycles. The number of anilines is 1. The van der Waals surface area contributed by atoms with E-state index in [0.717, 1.165) is 18.4 Å². The molecular weight excluding hydrogens is 440 g/mol. The Morgan fingerprint density at radius 2 is 1.87 bits per heavy atom. The molecule has 1 N–H and O–H groups in total. The van der Waals surface area contributed by atoms with E-state index in [2.05, 4.69) is 5.32 Å². The number of ether oxygens (including phenoxy) is 2. The van der Waals surface area contributed by atoms with Crippen LogP contribution in [0.5, 0.6) is 0 Å². The van der Waals surface area contributed by atoms with Gasteiger partial charge >= 0.3 is 5.97 Å². The molecule has 2 fully saturated rings. The van der Waals surface area contributed by atoms with Gasteiger partial charge < -0.3 is 14.8 Å². The minimum atomic E-state index is -3.62. The van der Waals surface area contributed by atoms with Crippen LogP contribution in [0.2, 0.25) is 0 Å². The lowest BCUT2D eigenvalue weighted by Crippen LogP contribution is -2.40. The predicted molar refractivity (Wildman–Crippen MR) is 116 cm³/mol. The molecule has 2 heterocycles. The third-order valence-electron chi connectivity index (χ3n) is 5.27. The van der Waals surface area contributed by atoms with Crippen LogP contribution in [0.4, 0.5) is 5.00 Å². The van der Waals surface area contributed by atoms with E-state index in [1.807, 2.05) is 5.38 Å². The van der Waals surface area contributed by atoms with Crippen LogP contribution in [-0.2, 0) is 19.5 Å². The van der Waals surface area contributed by atoms with Crippen molar-refractivity contribution < 1.29 is 27.5 Å². The van der Waals surface area contributed by atoms with Gasteiger partial charge in [0.15, 0.2) is 0 Å². The second kappa shape index (κ2) is 9.07. The molecule has 8 nitrogen and oxygen atoms in total. The van der Waals surface area contributed by atoms with Gasteiger partial charge in [0.25, 0.3) is 5.91 Å². The quantitative estimate of drug-likeness (QED) is 0.632. The van der Waals surface area contributed by atoms with Crippen LogP contribution in [0.25, 0.3) is 0 Å². The Labute approximate surface area is 185 Å². The van der Waals surface area contributed by atoms with Crippen molar-refractivity contribution in [2.75, 3.05) is 38.2 Å². The minimum Gasteiger partial charge on any atom is -0.462 e. The highest BCUT2D eigenvalue weighted by atomic mass is 32.2. The Balaban J connectivity index is 1.51. The Hall–Kier alpha value is -2.27. The maximum Gasteiger partial charge on any atom is 0.341 e. The lowest BCUT2D eigenvalue weighted by Gasteiger charge is -2.26. The minimum absolute atomic E-state index is 0.130. The Morgan fingerprint density at radius 3 is 2.48 bits per heavy atom. The smallest absolute Gasteiger partial charge is 0.341 e. The number of hydrogen-bond donors (Lipinski definition) is 1. The van der Waals surface area contributed by atoms with Gasteiger partial charge in [-0.1, -0.05) is 0 Å². The van der Waals surface area contributed by atoms with E-state index in [0.29, 0.717) is 48.3 Å². The molecule has 166 valence electrons. The van der Waals surface area contributed by atoms with Gasteiger partial charge in [0, 0.05) is 18.7 Å². The van der Waals surface area contributed by atoms with Crippen molar-refractivity contribution in [2.24, 2.45) is 0 Å². The van der Waals surface area contributed by atoms with Crippen LogP contribution in [0, 0.1) is 0 Å². The van der Waals surface area contributed by atoms with Crippen molar-refractivity contribution in [3.8, 4) is 0 Å². The molecule has 0 bridgehead atoms. The first kappa shape index (κ1) is 21.9. The second-order valence-electron chi connectivity index (χ2n) is 7.38. The van der Waals surface area contributed by atoms with Crippen molar-refractivity contribution in [2.45, 2.75) is 30.6 Å². The third-order valence-corrected chi connectivity index (χ3v) is 8.09. The number of hydrogen-bond acceptors (Lipinski definition) is 7. The lowest BCUT2D eigenvalue weighted by atomic mass is 10.1. The van der Waals surface area contributed by atoms with Gasteiger partial charge in [-0.3, -0.25) is 4.79 Å². The number of rotatable bonds is 7. The normalized spacial score (nSPS) is 17.3. The molecular formula is C21H24N2O6S2. The van der Waals surface area contributed by atoms with Crippen molar-refractivity contribution in [1.29, 1.82) is 0 Å². The maximum absolute atomic E-state index is 12.8. The van der Waals surface area contributed by atoms with E-state index >= 15 is 0 Å². The number of esters is 1. The molecule has 31 heavy (non-hydrogen) atoms. The molecule has 2 aliphatic rings. The largest absolute Gasteiger partial charge is 0.462 e. The van der Waals surface area contributed by atoms with Crippen LogP contribution in [-0.4, -0.2) is 57.5 Å². The monoisotopic (exact) mass is 464 g/mol. The number of amides is 1. The van der Waals surface area contributed by atoms with Crippen LogP contribution >= 0.6 is 11.3 Å². The number of sulfonamides is 1. The van der Waals surface area contributed by atoms with Gasteiger partial charge in [-0.05, 0) is 60.9 Å². The summed E-state index contributed by atoms with van der Waals surface area (Å²) in [6.45, 7) is 3.35. The Morgan fingerprint density at radius 1 is 1.19 bits per heavy atom. The number of carbonyl (C=O) groups is 2. The van der Waals surface area contributed by atoms with Crippen LogP contribution in [0.1, 0.15) is 52.0 Å². The summed E-state index contributed by atoms with van der Waals surface area (Å²) in [5.41, 5.74) is 1.65. The number of morpholine rings is 1. The van der Waals surface area contributed by atoms with Crippen LogP contribution in [0.15, 0.2) is 34.5 Å². The Kier molecular flexibility index (Phi) is 6.42. The van der Waals surface area contributed by atoms with Crippen LogP contribution < -0.4 is 5.32 Å². The fraction of sp³-hybridized carbons (Fsp3) is 0.429. The van der Waals surface area contributed by atoms with Crippen molar-refractivity contribution >= 4 is 38.2 Å². The molecule has 1 aromatic carbocycles. The van der Waals surface area contributed by atoms with Gasteiger partial charge in [0.05, 0.1) is 30.3 Å². The molecule has 1 amide bonds. The van der Waals surface area contributed by atoms with Crippen molar-refractivity contribution in [3.05, 3.63) is 46.3 Å². The van der Waals surface area contributed by atoms with E-state index in [1.54, 1.807) is 6.92 Å². The summed E-state index contributed by atoms with van der Waals surface area (Å²) in [7, 11) is -3.62. The highest BCUT2D eigenvalue weighted by Gasteiger charge is 2.32. The maximum atomic E-state index is 12.8. The average Bonchev–Trinajstić information content (AvgIpc) is 3.54. The van der Waals surface area contributed by atoms with Gasteiger partial charge in [0.2, 0.25) is 10.0 Å². The number of nitrogens with one attached hydrogen (secondary N) is 1. The van der Waals surface area contributed by atoms with Gasteiger partial charge in [-0.25, -0.2) is 13.2 Å². The Bertz CT molecular complexity index is 1070. The highest BCUT2D eigenvalue weighted by Crippen LogP contribution is 2.46. The molecule has 1 saturated carbocycles. The third kappa shape index (κ3) is 4.67. The first-order valence-electron chi connectivity index (χ1n) is 10.2. The number of thiophene rings is 1. The molecule has 0 unspecified atom stereocenters. The van der Waals surface area contributed by atoms with Crippen molar-refractivity contribution in [3.63, 3.8) is 0 Å². The van der Waals surface area contributed by atoms with Gasteiger partial charge in [-0.15, -0.1) is 11.3 Å². The topological polar surface area (TPSA) is 102 Å². The fourth-order valence-corrected chi connectivity index (χ4v) is 5.90. The number of carbonyl (C=O) groups excluding carboxylic acids is 2. The summed E-state index contributed by atoms with van der Waals surface area (Å²) in [5.74, 6) is -0.510. The zero-order valence-electron chi connectivity index (χ0n) is 17.1. The summed E-state index contributed by atoms with van der Waals surface area (Å²) in [6.07, 6.45) is 2.05. The summed E-state index contributed by atoms with van der Waals surface area (Å²) >= 11 is 1.30. The first-order chi connectivity index (χ1) is 14.9. The summed E-state index contributed by atoms with van der Waals surface area (Å²) in [5, 5.41) is 5.15. The van der Waals surface area contributed by atoms with E-state index in [1.165, 1.54) is 39.9 Å². The van der Waals surface area contributed by atoms with E-state index in [4.69, 9.17) is 9.47 Å². The molecule has 0 spiro atoms. The first-order valence-corrected chi connectivity index (χ1v) is 12.5. The zero-order chi connectivity index (χ0) is 22.0. The molecule has 10 heteroatoms. The molecule has 1 aliphatic carbocycles. The number of nitrogens with zero attached hydrogens (tertiary/aromatic N) is 1. The number of benzene rings is 1. The predicted octanol–water partition coefficient (Wildman–Crippen LogP) is 3.08. The molecule has 0 atom stereocenters. The zero-order valence-corrected chi connectivity index (χ0v) is 18.8.